The highest BCUT2D eigenvalue weighted by molar-refractivity contribution is 6.23. The first kappa shape index (κ1) is 31.3. The van der Waals surface area contributed by atoms with Gasteiger partial charge in [-0.05, 0) is 110 Å². The van der Waals surface area contributed by atoms with Crippen molar-refractivity contribution in [1.82, 2.24) is 0 Å². The lowest BCUT2D eigenvalue weighted by atomic mass is 9.82. The van der Waals surface area contributed by atoms with Crippen LogP contribution in [0, 0.1) is 0 Å². The Morgan fingerprint density at radius 3 is 2.02 bits per heavy atom. The maximum absolute atomic E-state index is 6.90. The Labute approximate surface area is 323 Å². The molecular weight excluding hydrogens is 683 g/mol. The molecule has 264 valence electrons. The van der Waals surface area contributed by atoms with Crippen molar-refractivity contribution in [3.8, 4) is 22.3 Å². The molecule has 0 fully saturated rings. The lowest BCUT2D eigenvalue weighted by Crippen LogP contribution is -2.15. The van der Waals surface area contributed by atoms with E-state index in [1.54, 1.807) is 0 Å². The van der Waals surface area contributed by atoms with Crippen LogP contribution < -0.4 is 4.90 Å². The number of anilines is 3. The highest BCUT2D eigenvalue weighted by Crippen LogP contribution is 2.52. The molecule has 0 bridgehead atoms. The molecule has 0 saturated carbocycles. The molecule has 1 aliphatic rings. The van der Waals surface area contributed by atoms with Crippen LogP contribution in [0.2, 0.25) is 0 Å². The molecule has 0 atom stereocenters. The van der Waals surface area contributed by atoms with Gasteiger partial charge in [0.1, 0.15) is 22.3 Å². The molecule has 0 radical (unpaired) electrons. The molecule has 3 heteroatoms. The molecule has 0 aliphatic heterocycles. The van der Waals surface area contributed by atoms with Gasteiger partial charge in [0.25, 0.3) is 0 Å². The second-order valence-corrected chi connectivity index (χ2v) is 15.7. The molecule has 0 amide bonds. The maximum Gasteiger partial charge on any atom is 0.143 e. The summed E-state index contributed by atoms with van der Waals surface area (Å²) in [4.78, 5) is 2.42. The minimum absolute atomic E-state index is 0.0815. The van der Waals surface area contributed by atoms with Crippen molar-refractivity contribution in [3.05, 3.63) is 187 Å². The van der Waals surface area contributed by atoms with Gasteiger partial charge in [-0.3, -0.25) is 0 Å². The summed E-state index contributed by atoms with van der Waals surface area (Å²) in [6, 6.07) is 63.6. The summed E-state index contributed by atoms with van der Waals surface area (Å²) in [6.07, 6.45) is 0. The Morgan fingerprint density at radius 2 is 1.11 bits per heavy atom. The average molecular weight is 718 g/mol. The Kier molecular flexibility index (Phi) is 6.40. The van der Waals surface area contributed by atoms with Crippen molar-refractivity contribution in [1.29, 1.82) is 0 Å². The van der Waals surface area contributed by atoms with Crippen LogP contribution in [0.4, 0.5) is 17.1 Å². The van der Waals surface area contributed by atoms with Gasteiger partial charge in [0, 0.05) is 38.3 Å². The van der Waals surface area contributed by atoms with Gasteiger partial charge >= 0.3 is 0 Å². The normalized spacial score (nSPS) is 13.3. The zero-order valence-corrected chi connectivity index (χ0v) is 31.0. The number of para-hydroxylation sites is 1. The summed E-state index contributed by atoms with van der Waals surface area (Å²) in [5, 5.41) is 9.04. The summed E-state index contributed by atoms with van der Waals surface area (Å²) in [5.74, 6) is 0. The number of fused-ring (bicyclic) bond motifs is 12. The van der Waals surface area contributed by atoms with Gasteiger partial charge in [0.05, 0.1) is 11.1 Å². The van der Waals surface area contributed by atoms with Crippen molar-refractivity contribution in [3.63, 3.8) is 0 Å². The van der Waals surface area contributed by atoms with Crippen LogP contribution in [-0.4, -0.2) is 0 Å². The Morgan fingerprint density at radius 1 is 0.411 bits per heavy atom. The van der Waals surface area contributed by atoms with Crippen molar-refractivity contribution >= 4 is 82.5 Å². The molecule has 2 aromatic heterocycles. The quantitative estimate of drug-likeness (QED) is 0.182. The molecule has 1 aliphatic carbocycles. The topological polar surface area (TPSA) is 29.5 Å². The van der Waals surface area contributed by atoms with Gasteiger partial charge < -0.3 is 13.7 Å². The summed E-state index contributed by atoms with van der Waals surface area (Å²) in [7, 11) is 0. The van der Waals surface area contributed by atoms with Gasteiger partial charge in [-0.2, -0.15) is 0 Å². The summed E-state index contributed by atoms with van der Waals surface area (Å²) in [6.45, 7) is 4.68. The van der Waals surface area contributed by atoms with Crippen LogP contribution in [0.5, 0.6) is 0 Å². The molecule has 0 unspecified atom stereocenters. The number of hydrogen-bond acceptors (Lipinski definition) is 3. The van der Waals surface area contributed by atoms with Crippen LogP contribution in [-0.2, 0) is 5.41 Å². The van der Waals surface area contributed by atoms with Crippen molar-refractivity contribution < 1.29 is 8.83 Å². The van der Waals surface area contributed by atoms with E-state index < -0.39 is 0 Å². The zero-order chi connectivity index (χ0) is 37.1. The molecule has 3 nitrogen and oxygen atoms in total. The Bertz CT molecular complexity index is 3420. The number of rotatable bonds is 4. The van der Waals surface area contributed by atoms with E-state index in [1.807, 2.05) is 12.1 Å². The van der Waals surface area contributed by atoms with E-state index in [1.165, 1.54) is 33.0 Å². The maximum atomic E-state index is 6.90. The third-order valence-corrected chi connectivity index (χ3v) is 12.2. The molecule has 0 saturated heterocycles. The largest absolute Gasteiger partial charge is 0.456 e. The molecular formula is C53H35NO2. The summed E-state index contributed by atoms with van der Waals surface area (Å²) >= 11 is 0. The fourth-order valence-electron chi connectivity index (χ4n) is 9.54. The van der Waals surface area contributed by atoms with E-state index in [9.17, 15) is 0 Å². The molecule has 12 rings (SSSR count). The zero-order valence-electron chi connectivity index (χ0n) is 31.0. The van der Waals surface area contributed by atoms with Crippen LogP contribution >= 0.6 is 0 Å². The first-order valence-corrected chi connectivity index (χ1v) is 19.3. The minimum Gasteiger partial charge on any atom is -0.456 e. The third-order valence-electron chi connectivity index (χ3n) is 12.2. The highest BCUT2D eigenvalue weighted by atomic mass is 16.3. The molecule has 0 N–H and O–H groups in total. The number of benzene rings is 9. The average Bonchev–Trinajstić information content (AvgIpc) is 3.88. The first-order chi connectivity index (χ1) is 27.5. The number of hydrogen-bond donors (Lipinski definition) is 0. The monoisotopic (exact) mass is 717 g/mol. The second kappa shape index (κ2) is 11.5. The van der Waals surface area contributed by atoms with Crippen molar-refractivity contribution in [2.24, 2.45) is 0 Å². The number of nitrogens with zero attached hydrogens (tertiary/aromatic N) is 1. The van der Waals surface area contributed by atoms with E-state index in [-0.39, 0.29) is 5.41 Å². The lowest BCUT2D eigenvalue weighted by Gasteiger charge is -2.28. The Balaban J connectivity index is 1.14. The lowest BCUT2D eigenvalue weighted by molar-refractivity contribution is 0.660. The van der Waals surface area contributed by atoms with Crippen LogP contribution in [0.25, 0.3) is 87.7 Å². The fourth-order valence-corrected chi connectivity index (χ4v) is 9.54. The summed E-state index contributed by atoms with van der Waals surface area (Å²) in [5.41, 5.74) is 14.3. The van der Waals surface area contributed by atoms with Crippen molar-refractivity contribution in [2.45, 2.75) is 19.3 Å². The molecule has 56 heavy (non-hydrogen) atoms. The highest BCUT2D eigenvalue weighted by Gasteiger charge is 2.35. The van der Waals surface area contributed by atoms with E-state index in [2.05, 4.69) is 183 Å². The van der Waals surface area contributed by atoms with Crippen LogP contribution in [0.3, 0.4) is 0 Å². The molecule has 11 aromatic rings. The number of furan rings is 2. The standard InChI is InChI=1S/C53H35NO2/c1-53(2)45-18-9-7-15-38(45)43-30-36(25-27-46(43)53)54(35-24-22-32-12-3-4-13-33(32)28-35)47-19-11-21-49-51(47)44-31-42(37-14-5-6-17-41(37)52(44)56-49)34-23-26-40-39-16-8-10-20-48(39)55-50(40)29-34/h3-31H,1-2H3. The minimum atomic E-state index is -0.0815. The van der Waals surface area contributed by atoms with E-state index in [0.29, 0.717) is 0 Å². The first-order valence-electron chi connectivity index (χ1n) is 19.3. The van der Waals surface area contributed by atoms with Gasteiger partial charge in [0.15, 0.2) is 0 Å². The van der Waals surface area contributed by atoms with Gasteiger partial charge in [-0.15, -0.1) is 0 Å². The SMILES string of the molecule is CC1(C)c2ccccc2-c2cc(N(c3ccc4ccccc4c3)c3cccc4oc5c6ccccc6c(-c6ccc7c(c6)oc6ccccc67)cc5c34)ccc21. The predicted octanol–water partition coefficient (Wildman–Crippen LogP) is 15.2. The van der Waals surface area contributed by atoms with Gasteiger partial charge in [0.2, 0.25) is 0 Å². The summed E-state index contributed by atoms with van der Waals surface area (Å²) < 4.78 is 13.3. The van der Waals surface area contributed by atoms with E-state index in [4.69, 9.17) is 8.83 Å². The van der Waals surface area contributed by atoms with Crippen molar-refractivity contribution in [2.75, 3.05) is 4.90 Å². The molecule has 2 heterocycles. The van der Waals surface area contributed by atoms with Crippen LogP contribution in [0.1, 0.15) is 25.0 Å². The Hall–Kier alpha value is -7.10. The smallest absolute Gasteiger partial charge is 0.143 e. The van der Waals surface area contributed by atoms with Gasteiger partial charge in [-0.1, -0.05) is 129 Å². The molecule has 9 aromatic carbocycles. The van der Waals surface area contributed by atoms with Crippen LogP contribution in [0.15, 0.2) is 185 Å². The second-order valence-electron chi connectivity index (χ2n) is 15.7. The third kappa shape index (κ3) is 4.40. The fraction of sp³-hybridized carbons (Fsp3) is 0.0566. The predicted molar refractivity (Wildman–Crippen MR) is 234 cm³/mol. The van der Waals surface area contributed by atoms with E-state index >= 15 is 0 Å². The van der Waals surface area contributed by atoms with Gasteiger partial charge in [-0.25, -0.2) is 0 Å². The molecule has 0 spiro atoms. The van der Waals surface area contributed by atoms with E-state index in [0.717, 1.165) is 82.8 Å².